The average molecular weight is 1030 g/mol. The van der Waals surface area contributed by atoms with Crippen molar-refractivity contribution in [3.63, 3.8) is 0 Å². The van der Waals surface area contributed by atoms with Crippen LogP contribution in [0.3, 0.4) is 0 Å². The number of rotatable bonds is 2. The van der Waals surface area contributed by atoms with Crippen LogP contribution in [0, 0.1) is 0 Å². The van der Waals surface area contributed by atoms with E-state index in [-0.39, 0.29) is 21.7 Å². The zero-order valence-electron chi connectivity index (χ0n) is 48.6. The second-order valence-corrected chi connectivity index (χ2v) is 28.0. The molecule has 11 aromatic rings. The lowest BCUT2D eigenvalue weighted by molar-refractivity contribution is 0.586. The van der Waals surface area contributed by atoms with Crippen LogP contribution in [-0.2, 0) is 32.5 Å². The SMILES string of the molecule is CC(C)(C)c1ccc2c(c1)C1(c3ccccc3-c3cc(-c4c5ccccc5c(-c5ccc6c(c5)C5(c7ccccc7-6)c6cc(C(C)(C)C)ccc6-c6ccc(C(C)(C)C)cc65)c5ccccc45)ccc31)c1cc(C(C)(C)C)ccc1-2. The van der Waals surface area contributed by atoms with Crippen LogP contribution in [0.2, 0.25) is 0 Å². The van der Waals surface area contributed by atoms with E-state index in [9.17, 15) is 0 Å². The first-order valence-electron chi connectivity index (χ1n) is 29.2. The molecule has 0 nitrogen and oxygen atoms in total. The van der Waals surface area contributed by atoms with E-state index in [1.807, 2.05) is 0 Å². The zero-order valence-corrected chi connectivity index (χ0v) is 48.6. The Balaban J connectivity index is 0.973. The molecule has 390 valence electrons. The first-order chi connectivity index (χ1) is 38.2. The Morgan fingerprint density at radius 2 is 0.475 bits per heavy atom. The van der Waals surface area contributed by atoms with Crippen molar-refractivity contribution in [2.45, 2.75) is 116 Å². The van der Waals surface area contributed by atoms with Gasteiger partial charge in [-0.15, -0.1) is 0 Å². The monoisotopic (exact) mass is 1030 g/mol. The molecule has 80 heavy (non-hydrogen) atoms. The van der Waals surface area contributed by atoms with Crippen molar-refractivity contribution in [1.82, 2.24) is 0 Å². The molecular formula is C80H70. The molecule has 0 heterocycles. The summed E-state index contributed by atoms with van der Waals surface area (Å²) in [5.74, 6) is 0. The lowest BCUT2D eigenvalue weighted by atomic mass is 9.68. The molecule has 0 bridgehead atoms. The Hall–Kier alpha value is -8.06. The van der Waals surface area contributed by atoms with Crippen LogP contribution >= 0.6 is 0 Å². The van der Waals surface area contributed by atoms with Crippen molar-refractivity contribution >= 4 is 21.5 Å². The molecule has 4 aliphatic carbocycles. The Bertz CT molecular complexity index is 4320. The van der Waals surface area contributed by atoms with Gasteiger partial charge in [0.25, 0.3) is 0 Å². The van der Waals surface area contributed by atoms with Gasteiger partial charge in [-0.05, 0) is 189 Å². The highest BCUT2D eigenvalue weighted by Crippen LogP contribution is 2.66. The van der Waals surface area contributed by atoms with Crippen LogP contribution in [0.5, 0.6) is 0 Å². The van der Waals surface area contributed by atoms with Crippen LogP contribution in [0.25, 0.3) is 88.3 Å². The van der Waals surface area contributed by atoms with Gasteiger partial charge in [0.15, 0.2) is 0 Å². The lowest BCUT2D eigenvalue weighted by Crippen LogP contribution is -2.27. The van der Waals surface area contributed by atoms with E-state index in [4.69, 9.17) is 0 Å². The summed E-state index contributed by atoms with van der Waals surface area (Å²) < 4.78 is 0. The maximum absolute atomic E-state index is 2.61. The smallest absolute Gasteiger partial charge is 0.0619 e. The summed E-state index contributed by atoms with van der Waals surface area (Å²) in [7, 11) is 0. The van der Waals surface area contributed by atoms with E-state index < -0.39 is 10.8 Å². The normalized spacial score (nSPS) is 14.9. The highest BCUT2D eigenvalue weighted by molar-refractivity contribution is 6.22. The van der Waals surface area contributed by atoms with Crippen molar-refractivity contribution < 1.29 is 0 Å². The predicted molar refractivity (Wildman–Crippen MR) is 340 cm³/mol. The summed E-state index contributed by atoms with van der Waals surface area (Å²) in [5.41, 5.74) is 31.3. The van der Waals surface area contributed by atoms with Gasteiger partial charge in [0.1, 0.15) is 0 Å². The van der Waals surface area contributed by atoms with E-state index in [1.54, 1.807) is 0 Å². The van der Waals surface area contributed by atoms with Crippen molar-refractivity contribution in [2.75, 3.05) is 0 Å². The van der Waals surface area contributed by atoms with Crippen molar-refractivity contribution in [1.29, 1.82) is 0 Å². The molecular weight excluding hydrogens is 961 g/mol. The van der Waals surface area contributed by atoms with Gasteiger partial charge in [-0.1, -0.05) is 277 Å². The molecule has 0 N–H and O–H groups in total. The summed E-state index contributed by atoms with van der Waals surface area (Å²) in [4.78, 5) is 0. The van der Waals surface area contributed by atoms with Gasteiger partial charge >= 0.3 is 0 Å². The third kappa shape index (κ3) is 6.51. The average Bonchev–Trinajstić information content (AvgIpc) is 4.29. The van der Waals surface area contributed by atoms with Crippen molar-refractivity contribution in [3.8, 4) is 66.8 Å². The Kier molecular flexibility index (Phi) is 9.98. The minimum absolute atomic E-state index is 0.00742. The number of benzene rings is 11. The molecule has 0 unspecified atom stereocenters. The summed E-state index contributed by atoms with van der Waals surface area (Å²) >= 11 is 0. The van der Waals surface area contributed by atoms with E-state index in [0.717, 1.165) is 0 Å². The standard InChI is InChI=1S/C80H70/c1-75(2,3)49-31-36-56-57-37-32-50(76(4,5)6)44-70(57)79(69(56)43-49)66-28-20-18-22-54(66)64-41-47(30-40-67(64)79)73-60-23-13-15-25-62(60)74(63-26-16-14-24-61(63)73)48-29-35-55-53-21-17-19-27-65(53)80(68(55)42-48)71-45-51(77(7,8)9)33-38-58(71)59-39-34-52(46-72(59)80)78(10,11)12/h13-46H,1-12H3. The van der Waals surface area contributed by atoms with E-state index in [2.05, 4.69) is 289 Å². The minimum Gasteiger partial charge on any atom is -0.0619 e. The topological polar surface area (TPSA) is 0 Å². The van der Waals surface area contributed by atoms with Crippen LogP contribution in [0.4, 0.5) is 0 Å². The molecule has 0 fully saturated rings. The summed E-state index contributed by atoms with van der Waals surface area (Å²) in [6, 6.07) is 81.6. The minimum atomic E-state index is -0.498. The van der Waals surface area contributed by atoms with E-state index >= 15 is 0 Å². The maximum atomic E-state index is 2.61. The molecule has 0 heteroatoms. The van der Waals surface area contributed by atoms with Gasteiger partial charge in [0.05, 0.1) is 10.8 Å². The highest BCUT2D eigenvalue weighted by Gasteiger charge is 2.54. The van der Waals surface area contributed by atoms with Crippen LogP contribution in [0.15, 0.2) is 206 Å². The number of hydrogen-bond donors (Lipinski definition) is 0. The maximum Gasteiger partial charge on any atom is 0.0725 e. The van der Waals surface area contributed by atoms with Gasteiger partial charge in [-0.2, -0.15) is 0 Å². The Morgan fingerprint density at radius 1 is 0.212 bits per heavy atom. The van der Waals surface area contributed by atoms with Gasteiger partial charge < -0.3 is 0 Å². The van der Waals surface area contributed by atoms with Crippen LogP contribution in [0.1, 0.15) is 150 Å². The third-order valence-corrected chi connectivity index (χ3v) is 19.3. The molecule has 11 aromatic carbocycles. The predicted octanol–water partition coefficient (Wildman–Crippen LogP) is 21.2. The largest absolute Gasteiger partial charge is 0.0725 e. The fourth-order valence-electron chi connectivity index (χ4n) is 15.3. The molecule has 0 aromatic heterocycles. The first kappa shape index (κ1) is 49.0. The summed E-state index contributed by atoms with van der Waals surface area (Å²) in [6.07, 6.45) is 0. The molecule has 0 radical (unpaired) electrons. The van der Waals surface area contributed by atoms with Crippen molar-refractivity contribution in [3.05, 3.63) is 273 Å². The Labute approximate surface area is 474 Å². The van der Waals surface area contributed by atoms with E-state index in [1.165, 1.54) is 155 Å². The summed E-state index contributed by atoms with van der Waals surface area (Å²) in [6.45, 7) is 28.2. The zero-order chi connectivity index (χ0) is 55.2. The Morgan fingerprint density at radius 3 is 0.850 bits per heavy atom. The van der Waals surface area contributed by atoms with E-state index in [0.29, 0.717) is 0 Å². The molecule has 4 aliphatic rings. The van der Waals surface area contributed by atoms with Crippen molar-refractivity contribution in [2.24, 2.45) is 0 Å². The third-order valence-electron chi connectivity index (χ3n) is 19.3. The molecule has 0 saturated heterocycles. The quantitative estimate of drug-likeness (QED) is 0.151. The number of fused-ring (bicyclic) bond motifs is 22. The van der Waals surface area contributed by atoms with Crippen LogP contribution < -0.4 is 0 Å². The van der Waals surface area contributed by atoms with Gasteiger partial charge in [0, 0.05) is 0 Å². The number of hydrogen-bond acceptors (Lipinski definition) is 0. The fraction of sp³-hybridized carbons (Fsp3) is 0.225. The van der Waals surface area contributed by atoms with Gasteiger partial charge in [-0.3, -0.25) is 0 Å². The molecule has 0 aliphatic heterocycles. The fourth-order valence-corrected chi connectivity index (χ4v) is 15.3. The first-order valence-corrected chi connectivity index (χ1v) is 29.2. The van der Waals surface area contributed by atoms with Gasteiger partial charge in [-0.25, -0.2) is 0 Å². The highest BCUT2D eigenvalue weighted by atomic mass is 14.6. The molecule has 0 saturated carbocycles. The van der Waals surface area contributed by atoms with Crippen LogP contribution in [-0.4, -0.2) is 0 Å². The van der Waals surface area contributed by atoms with Gasteiger partial charge in [0.2, 0.25) is 0 Å². The molecule has 2 spiro atoms. The molecule has 0 atom stereocenters. The lowest BCUT2D eigenvalue weighted by Gasteiger charge is -2.33. The molecule has 0 amide bonds. The second kappa shape index (κ2) is 16.3. The summed E-state index contributed by atoms with van der Waals surface area (Å²) in [5, 5.41) is 5.07. The second-order valence-electron chi connectivity index (χ2n) is 28.0. The molecule has 15 rings (SSSR count).